The van der Waals surface area contributed by atoms with Crippen molar-refractivity contribution in [1.82, 2.24) is 29.5 Å². The number of aryl methyl sites for hydroxylation is 1. The first-order chi connectivity index (χ1) is 13.1. The Balaban J connectivity index is 1.32. The van der Waals surface area contributed by atoms with Gasteiger partial charge in [-0.3, -0.25) is 14.7 Å². The van der Waals surface area contributed by atoms with Crippen LogP contribution in [0.1, 0.15) is 37.1 Å². The van der Waals surface area contributed by atoms with Crippen LogP contribution in [0.15, 0.2) is 30.9 Å². The molecule has 144 valence electrons. The molecule has 4 heterocycles. The van der Waals surface area contributed by atoms with Gasteiger partial charge in [0.25, 0.3) is 0 Å². The average Bonchev–Trinajstić information content (AvgIpc) is 3.10. The molecule has 4 rings (SSSR count). The van der Waals surface area contributed by atoms with E-state index in [0.29, 0.717) is 17.7 Å². The molecule has 0 unspecified atom stereocenters. The van der Waals surface area contributed by atoms with Crippen LogP contribution in [0.3, 0.4) is 0 Å². The highest BCUT2D eigenvalue weighted by Gasteiger charge is 2.40. The van der Waals surface area contributed by atoms with Crippen LogP contribution in [0.25, 0.3) is 0 Å². The van der Waals surface area contributed by atoms with E-state index in [1.165, 1.54) is 5.56 Å². The van der Waals surface area contributed by atoms with Gasteiger partial charge in [-0.05, 0) is 61.9 Å². The molecule has 7 heteroatoms. The number of nitrogens with zero attached hydrogens (tertiary/aromatic N) is 6. The summed E-state index contributed by atoms with van der Waals surface area (Å²) in [5, 5.41) is 8.18. The predicted molar refractivity (Wildman–Crippen MR) is 102 cm³/mol. The summed E-state index contributed by atoms with van der Waals surface area (Å²) in [6, 6.07) is 4.07. The lowest BCUT2D eigenvalue weighted by Crippen LogP contribution is -2.51. The molecule has 2 aromatic rings. The van der Waals surface area contributed by atoms with E-state index >= 15 is 0 Å². The molecule has 0 atom stereocenters. The molecule has 0 saturated carbocycles. The third-order valence-corrected chi connectivity index (χ3v) is 6.25. The van der Waals surface area contributed by atoms with Gasteiger partial charge in [0.15, 0.2) is 0 Å². The van der Waals surface area contributed by atoms with Gasteiger partial charge >= 0.3 is 0 Å². The van der Waals surface area contributed by atoms with Crippen LogP contribution in [0, 0.1) is 5.41 Å². The zero-order valence-corrected chi connectivity index (χ0v) is 16.0. The lowest BCUT2D eigenvalue weighted by molar-refractivity contribution is -0.139. The molecule has 27 heavy (non-hydrogen) atoms. The quantitative estimate of drug-likeness (QED) is 0.803. The Hall–Kier alpha value is -2.28. The van der Waals surface area contributed by atoms with Crippen molar-refractivity contribution in [3.63, 3.8) is 0 Å². The number of amides is 1. The maximum atomic E-state index is 12.4. The molecule has 2 fully saturated rings. The number of pyridine rings is 1. The minimum Gasteiger partial charge on any atom is -0.342 e. The number of hydrogen-bond donors (Lipinski definition) is 0. The van der Waals surface area contributed by atoms with Crippen LogP contribution in [-0.2, 0) is 24.8 Å². The van der Waals surface area contributed by atoms with Gasteiger partial charge in [0, 0.05) is 39.0 Å². The average molecular weight is 368 g/mol. The first-order valence-electron chi connectivity index (χ1n) is 9.85. The van der Waals surface area contributed by atoms with Crippen LogP contribution in [-0.4, -0.2) is 61.6 Å². The molecule has 0 aliphatic carbocycles. The second-order valence-corrected chi connectivity index (χ2v) is 8.05. The number of aromatic nitrogens is 4. The smallest absolute Gasteiger partial charge is 0.222 e. The van der Waals surface area contributed by atoms with E-state index in [1.807, 2.05) is 36.1 Å². The third kappa shape index (κ3) is 4.18. The molecule has 7 nitrogen and oxygen atoms in total. The van der Waals surface area contributed by atoms with Crippen molar-refractivity contribution >= 4 is 5.91 Å². The number of carbonyl (C=O) groups is 1. The van der Waals surface area contributed by atoms with Crippen molar-refractivity contribution in [2.24, 2.45) is 12.5 Å². The van der Waals surface area contributed by atoms with Gasteiger partial charge < -0.3 is 9.47 Å². The lowest BCUT2D eigenvalue weighted by Gasteiger charge is -2.47. The van der Waals surface area contributed by atoms with Gasteiger partial charge in [0.1, 0.15) is 12.2 Å². The summed E-state index contributed by atoms with van der Waals surface area (Å²) in [5.41, 5.74) is 1.54. The van der Waals surface area contributed by atoms with Crippen molar-refractivity contribution in [2.75, 3.05) is 26.2 Å². The minimum atomic E-state index is 0.294. The summed E-state index contributed by atoms with van der Waals surface area (Å²) >= 11 is 0. The van der Waals surface area contributed by atoms with Gasteiger partial charge in [0.2, 0.25) is 5.91 Å². The Labute approximate surface area is 160 Å². The molecule has 0 bridgehead atoms. The molecule has 0 radical (unpaired) electrons. The lowest BCUT2D eigenvalue weighted by atomic mass is 9.72. The van der Waals surface area contributed by atoms with E-state index in [0.717, 1.165) is 64.2 Å². The summed E-state index contributed by atoms with van der Waals surface area (Å²) < 4.78 is 1.99. The molecule has 0 N–H and O–H groups in total. The molecular weight excluding hydrogens is 340 g/mol. The van der Waals surface area contributed by atoms with Gasteiger partial charge in [-0.1, -0.05) is 0 Å². The van der Waals surface area contributed by atoms with Crippen LogP contribution < -0.4 is 0 Å². The Kier molecular flexibility index (Phi) is 5.20. The fourth-order valence-electron chi connectivity index (χ4n) is 4.36. The maximum absolute atomic E-state index is 12.4. The van der Waals surface area contributed by atoms with Crippen LogP contribution in [0.4, 0.5) is 0 Å². The van der Waals surface area contributed by atoms with Gasteiger partial charge in [-0.2, -0.15) is 0 Å². The number of carbonyl (C=O) groups excluding carboxylic acids is 1. The highest BCUT2D eigenvalue weighted by molar-refractivity contribution is 5.77. The zero-order chi connectivity index (χ0) is 18.7. The summed E-state index contributed by atoms with van der Waals surface area (Å²) in [4.78, 5) is 21.1. The topological polar surface area (TPSA) is 67.2 Å². The first kappa shape index (κ1) is 18.1. The molecule has 2 aliphatic heterocycles. The SMILES string of the molecule is Cn1cnnc1CN1CCC2(CCC(=O)N(CCc3ccncc3)C2)CC1. The predicted octanol–water partition coefficient (Wildman–Crippen LogP) is 1.66. The van der Waals surface area contributed by atoms with Gasteiger partial charge in [-0.15, -0.1) is 10.2 Å². The van der Waals surface area contributed by atoms with E-state index in [2.05, 4.69) is 25.0 Å². The number of hydrogen-bond acceptors (Lipinski definition) is 5. The number of rotatable bonds is 5. The molecule has 2 aliphatic rings. The number of piperidine rings is 2. The number of likely N-dealkylation sites (tertiary alicyclic amines) is 2. The second-order valence-electron chi connectivity index (χ2n) is 8.05. The van der Waals surface area contributed by atoms with E-state index in [1.54, 1.807) is 6.33 Å². The van der Waals surface area contributed by atoms with Crippen LogP contribution in [0.2, 0.25) is 0 Å². The molecule has 2 aromatic heterocycles. The Morgan fingerprint density at radius 1 is 1.15 bits per heavy atom. The fraction of sp³-hybridized carbons (Fsp3) is 0.600. The summed E-state index contributed by atoms with van der Waals surface area (Å²) in [6.45, 7) is 4.72. The molecule has 1 spiro atoms. The fourth-order valence-corrected chi connectivity index (χ4v) is 4.36. The van der Waals surface area contributed by atoms with Crippen molar-refractivity contribution in [1.29, 1.82) is 0 Å². The highest BCUT2D eigenvalue weighted by atomic mass is 16.2. The largest absolute Gasteiger partial charge is 0.342 e. The van der Waals surface area contributed by atoms with Crippen molar-refractivity contribution < 1.29 is 4.79 Å². The maximum Gasteiger partial charge on any atom is 0.222 e. The second kappa shape index (κ2) is 7.76. The molecule has 2 saturated heterocycles. The summed E-state index contributed by atoms with van der Waals surface area (Å²) in [7, 11) is 1.99. The normalized spacial score (nSPS) is 20.3. The highest BCUT2D eigenvalue weighted by Crippen LogP contribution is 2.40. The Morgan fingerprint density at radius 2 is 1.93 bits per heavy atom. The van der Waals surface area contributed by atoms with Gasteiger partial charge in [0.05, 0.1) is 6.54 Å². The van der Waals surface area contributed by atoms with Crippen LogP contribution >= 0.6 is 0 Å². The Bertz CT molecular complexity index is 766. The Morgan fingerprint density at radius 3 is 2.63 bits per heavy atom. The van der Waals surface area contributed by atoms with Gasteiger partial charge in [-0.25, -0.2) is 0 Å². The van der Waals surface area contributed by atoms with E-state index in [4.69, 9.17) is 0 Å². The van der Waals surface area contributed by atoms with E-state index < -0.39 is 0 Å². The first-order valence-corrected chi connectivity index (χ1v) is 9.85. The third-order valence-electron chi connectivity index (χ3n) is 6.25. The molecular formula is C20H28N6O. The molecule has 1 amide bonds. The monoisotopic (exact) mass is 368 g/mol. The van der Waals surface area contributed by atoms with Crippen molar-refractivity contribution in [2.45, 2.75) is 38.6 Å². The van der Waals surface area contributed by atoms with Crippen molar-refractivity contribution in [3.05, 3.63) is 42.2 Å². The van der Waals surface area contributed by atoms with E-state index in [-0.39, 0.29) is 0 Å². The molecule has 0 aromatic carbocycles. The zero-order valence-electron chi connectivity index (χ0n) is 16.0. The summed E-state index contributed by atoms with van der Waals surface area (Å²) in [5.74, 6) is 1.33. The minimum absolute atomic E-state index is 0.294. The standard InChI is InChI=1S/C20H28N6O/c1-24-16-22-23-18(24)14-25-12-7-20(8-13-25)6-2-19(27)26(15-20)11-5-17-3-9-21-10-4-17/h3-4,9-10,16H,2,5-8,11-15H2,1H3. The summed E-state index contributed by atoms with van der Waals surface area (Å²) in [6.07, 6.45) is 10.4. The van der Waals surface area contributed by atoms with E-state index in [9.17, 15) is 4.79 Å². The van der Waals surface area contributed by atoms with Crippen LogP contribution in [0.5, 0.6) is 0 Å². The van der Waals surface area contributed by atoms with Crippen molar-refractivity contribution in [3.8, 4) is 0 Å².